The van der Waals surface area contributed by atoms with Crippen molar-refractivity contribution in [3.63, 3.8) is 0 Å². The molecule has 0 aliphatic carbocycles. The second-order valence-corrected chi connectivity index (χ2v) is 3.37. The van der Waals surface area contributed by atoms with Crippen molar-refractivity contribution in [1.82, 2.24) is 15.0 Å². The third-order valence-corrected chi connectivity index (χ3v) is 2.44. The Morgan fingerprint density at radius 1 is 1.06 bits per heavy atom. The van der Waals surface area contributed by atoms with Gasteiger partial charge in [0, 0.05) is 17.0 Å². The lowest BCUT2D eigenvalue weighted by Gasteiger charge is -2.04. The minimum atomic E-state index is 0. The van der Waals surface area contributed by atoms with Crippen LogP contribution in [-0.4, -0.2) is 15.0 Å². The van der Waals surface area contributed by atoms with E-state index in [1.54, 1.807) is 6.20 Å². The number of hydrogen-bond acceptors (Lipinski definition) is 4. The van der Waals surface area contributed by atoms with Crippen molar-refractivity contribution in [2.75, 3.05) is 11.5 Å². The van der Waals surface area contributed by atoms with Gasteiger partial charge < -0.3 is 16.5 Å². The molecule has 3 aromatic rings. The molecule has 0 fully saturated rings. The van der Waals surface area contributed by atoms with Gasteiger partial charge in [-0.1, -0.05) is 0 Å². The van der Waals surface area contributed by atoms with E-state index in [0.717, 1.165) is 21.8 Å². The monoisotopic (exact) mass is 271 g/mol. The highest BCUT2D eigenvalue weighted by Gasteiger charge is 2.07. The molecule has 2 aromatic heterocycles. The van der Waals surface area contributed by atoms with Gasteiger partial charge >= 0.3 is 0 Å². The molecule has 0 atom stereocenters. The number of nitrogen functional groups attached to an aromatic ring is 2. The molecule has 90 valence electrons. The van der Waals surface area contributed by atoms with Crippen LogP contribution in [0.4, 0.5) is 11.8 Å². The number of nitrogens with one attached hydrogen (secondary N) is 1. The van der Waals surface area contributed by atoms with Crippen LogP contribution < -0.4 is 11.5 Å². The molecule has 0 amide bonds. The van der Waals surface area contributed by atoms with E-state index in [1.807, 2.05) is 18.2 Å². The lowest BCUT2D eigenvalue weighted by atomic mass is 10.1. The maximum Gasteiger partial charge on any atom is 0.199 e. The summed E-state index contributed by atoms with van der Waals surface area (Å²) in [6.45, 7) is 0. The molecule has 3 rings (SSSR count). The molecule has 0 radical (unpaired) electrons. The Balaban J connectivity index is 0.000000722. The Bertz CT molecular complexity index is 664. The molecule has 0 spiro atoms. The minimum absolute atomic E-state index is 0. The number of nitrogens with zero attached hydrogens (tertiary/aromatic N) is 2. The van der Waals surface area contributed by atoms with Gasteiger partial charge in [0.25, 0.3) is 0 Å². The van der Waals surface area contributed by atoms with Crippen molar-refractivity contribution in [2.45, 2.75) is 0 Å². The number of aromatic nitrogens is 3. The number of nitrogens with two attached hydrogens (primary N) is 2. The first-order valence-corrected chi connectivity index (χ1v) is 4.54. The summed E-state index contributed by atoms with van der Waals surface area (Å²) in [5.41, 5.74) is 13.2. The fourth-order valence-corrected chi connectivity index (χ4v) is 1.81. The largest absolute Gasteiger partial charge is 0.383 e. The van der Waals surface area contributed by atoms with Crippen molar-refractivity contribution in [2.24, 2.45) is 0 Å². The lowest BCUT2D eigenvalue weighted by Crippen LogP contribution is -2.00. The minimum Gasteiger partial charge on any atom is -0.383 e. The van der Waals surface area contributed by atoms with Gasteiger partial charge in [-0.05, 0) is 18.2 Å². The molecular formula is C10H11Cl2N5. The number of rotatable bonds is 0. The predicted octanol–water partition coefficient (Wildman–Crippen LogP) is 2.12. The second-order valence-electron chi connectivity index (χ2n) is 3.37. The predicted molar refractivity (Wildman–Crippen MR) is 74.7 cm³/mol. The molecule has 0 saturated heterocycles. The Labute approximate surface area is 109 Å². The third kappa shape index (κ3) is 1.94. The SMILES string of the molecule is Cl.Cl.Nc1nc(N)c2c(ccc3nccc32)[nH]1. The van der Waals surface area contributed by atoms with E-state index in [9.17, 15) is 0 Å². The summed E-state index contributed by atoms with van der Waals surface area (Å²) < 4.78 is 0. The van der Waals surface area contributed by atoms with Gasteiger partial charge in [-0.25, -0.2) is 0 Å². The fraction of sp³-hybridized carbons (Fsp3) is 0. The van der Waals surface area contributed by atoms with Gasteiger partial charge in [-0.15, -0.1) is 24.8 Å². The number of aromatic amines is 1. The zero-order valence-corrected chi connectivity index (χ0v) is 10.3. The maximum absolute atomic E-state index is 5.84. The summed E-state index contributed by atoms with van der Waals surface area (Å²) in [5, 5.41) is 1.87. The molecule has 0 unspecified atom stereocenters. The summed E-state index contributed by atoms with van der Waals surface area (Å²) in [5.74, 6) is 0.749. The van der Waals surface area contributed by atoms with Crippen molar-refractivity contribution in [3.8, 4) is 0 Å². The van der Waals surface area contributed by atoms with E-state index in [0.29, 0.717) is 11.8 Å². The van der Waals surface area contributed by atoms with E-state index in [-0.39, 0.29) is 24.8 Å². The maximum atomic E-state index is 5.84. The topological polar surface area (TPSA) is 93.6 Å². The Morgan fingerprint density at radius 2 is 1.82 bits per heavy atom. The van der Waals surface area contributed by atoms with Crippen LogP contribution in [0.1, 0.15) is 0 Å². The van der Waals surface area contributed by atoms with E-state index < -0.39 is 0 Å². The number of H-pyrrole nitrogens is 1. The van der Waals surface area contributed by atoms with Gasteiger partial charge in [0.15, 0.2) is 5.95 Å². The third-order valence-electron chi connectivity index (χ3n) is 2.44. The first kappa shape index (κ1) is 13.3. The molecule has 5 nitrogen and oxygen atoms in total. The van der Waals surface area contributed by atoms with Crippen molar-refractivity contribution in [3.05, 3.63) is 24.4 Å². The second kappa shape index (κ2) is 4.65. The van der Waals surface area contributed by atoms with Gasteiger partial charge in [0.2, 0.25) is 0 Å². The van der Waals surface area contributed by atoms with Gasteiger partial charge in [0.1, 0.15) is 5.82 Å². The smallest absolute Gasteiger partial charge is 0.199 e. The van der Waals surface area contributed by atoms with Gasteiger partial charge in [0.05, 0.1) is 11.0 Å². The van der Waals surface area contributed by atoms with Crippen LogP contribution >= 0.6 is 24.8 Å². The quantitative estimate of drug-likeness (QED) is 0.584. The van der Waals surface area contributed by atoms with Crippen molar-refractivity contribution < 1.29 is 0 Å². The van der Waals surface area contributed by atoms with E-state index in [4.69, 9.17) is 11.5 Å². The molecular weight excluding hydrogens is 261 g/mol. The average Bonchev–Trinajstić information content (AvgIpc) is 2.63. The van der Waals surface area contributed by atoms with E-state index in [1.165, 1.54) is 0 Å². The van der Waals surface area contributed by atoms with Crippen molar-refractivity contribution >= 4 is 58.4 Å². The molecule has 2 heterocycles. The molecule has 17 heavy (non-hydrogen) atoms. The van der Waals surface area contributed by atoms with Crippen LogP contribution in [0.25, 0.3) is 21.8 Å². The normalized spacial score (nSPS) is 9.88. The Kier molecular flexibility index (Phi) is 3.65. The van der Waals surface area contributed by atoms with Crippen LogP contribution in [-0.2, 0) is 0 Å². The summed E-state index contributed by atoms with van der Waals surface area (Å²) in [4.78, 5) is 11.2. The first-order chi connectivity index (χ1) is 7.25. The highest BCUT2D eigenvalue weighted by atomic mass is 35.5. The Hall–Kier alpha value is -1.72. The molecule has 1 aromatic carbocycles. The highest BCUT2D eigenvalue weighted by molar-refractivity contribution is 6.10. The molecule has 0 saturated carbocycles. The molecule has 0 bridgehead atoms. The molecule has 0 aliphatic heterocycles. The molecule has 0 aliphatic rings. The van der Waals surface area contributed by atoms with Crippen LogP contribution in [0.5, 0.6) is 0 Å². The molecule has 5 N–H and O–H groups in total. The first-order valence-electron chi connectivity index (χ1n) is 4.54. The summed E-state index contributed by atoms with van der Waals surface area (Å²) in [7, 11) is 0. The van der Waals surface area contributed by atoms with Crippen molar-refractivity contribution in [1.29, 1.82) is 0 Å². The number of anilines is 2. The summed E-state index contributed by atoms with van der Waals surface area (Å²) in [6.07, 6.45) is 1.75. The van der Waals surface area contributed by atoms with E-state index in [2.05, 4.69) is 15.0 Å². The van der Waals surface area contributed by atoms with Crippen LogP contribution in [0.15, 0.2) is 24.4 Å². The average molecular weight is 272 g/mol. The van der Waals surface area contributed by atoms with Crippen LogP contribution in [0, 0.1) is 0 Å². The molecule has 7 heteroatoms. The lowest BCUT2D eigenvalue weighted by molar-refractivity contribution is 1.25. The standard InChI is InChI=1S/C10H9N5.2ClH/c11-9-8-5-3-4-13-6(5)1-2-7(8)14-10(12)15-9;;/h1-4H,11H2,(H3,12,14,15);2*1H. The highest BCUT2D eigenvalue weighted by Crippen LogP contribution is 2.27. The van der Waals surface area contributed by atoms with Crippen LogP contribution in [0.3, 0.4) is 0 Å². The number of benzene rings is 1. The van der Waals surface area contributed by atoms with Crippen LogP contribution in [0.2, 0.25) is 0 Å². The van der Waals surface area contributed by atoms with Gasteiger partial charge in [-0.2, -0.15) is 4.98 Å². The number of hydrogen-bond donors (Lipinski definition) is 3. The number of fused-ring (bicyclic) bond motifs is 3. The fourth-order valence-electron chi connectivity index (χ4n) is 1.81. The summed E-state index contributed by atoms with van der Waals surface area (Å²) in [6, 6.07) is 5.74. The Morgan fingerprint density at radius 3 is 2.59 bits per heavy atom. The zero-order chi connectivity index (χ0) is 10.4. The zero-order valence-electron chi connectivity index (χ0n) is 8.68. The van der Waals surface area contributed by atoms with Gasteiger partial charge in [-0.3, -0.25) is 4.98 Å². The number of halogens is 2. The summed E-state index contributed by atoms with van der Waals surface area (Å²) >= 11 is 0. The van der Waals surface area contributed by atoms with E-state index >= 15 is 0 Å².